The van der Waals surface area contributed by atoms with Gasteiger partial charge in [-0.1, -0.05) is 18.6 Å². The second kappa shape index (κ2) is 13.1. The van der Waals surface area contributed by atoms with Gasteiger partial charge in [-0.3, -0.25) is 9.59 Å². The van der Waals surface area contributed by atoms with Crippen LogP contribution in [-0.4, -0.2) is 63.0 Å². The predicted molar refractivity (Wildman–Crippen MR) is 144 cm³/mol. The second-order valence-electron chi connectivity index (χ2n) is 10.7. The summed E-state index contributed by atoms with van der Waals surface area (Å²) in [6.07, 6.45) is 7.66. The van der Waals surface area contributed by atoms with Crippen molar-refractivity contribution in [2.75, 3.05) is 39.6 Å². The largest absolute Gasteiger partial charge is 0.464 e. The van der Waals surface area contributed by atoms with Gasteiger partial charge < -0.3 is 33.8 Å². The molecular weight excluding hydrogens is 502 g/mol. The first kappa shape index (κ1) is 27.8. The van der Waals surface area contributed by atoms with Crippen molar-refractivity contribution in [3.05, 3.63) is 58.2 Å². The number of fused-ring (bicyclic) bond motifs is 3. The fourth-order valence-electron chi connectivity index (χ4n) is 6.38. The summed E-state index contributed by atoms with van der Waals surface area (Å²) in [7, 11) is 0. The van der Waals surface area contributed by atoms with Gasteiger partial charge in [-0.2, -0.15) is 0 Å². The van der Waals surface area contributed by atoms with Crippen LogP contribution in [0.25, 0.3) is 11.0 Å². The zero-order valence-electron chi connectivity index (χ0n) is 22.5. The third-order valence-corrected chi connectivity index (χ3v) is 8.26. The summed E-state index contributed by atoms with van der Waals surface area (Å²) in [5, 5.41) is 12.5. The number of aliphatic hydroxyl groups excluding tert-OH is 1. The van der Waals surface area contributed by atoms with E-state index in [1.165, 1.54) is 19.1 Å². The molecule has 2 fully saturated rings. The summed E-state index contributed by atoms with van der Waals surface area (Å²) in [5.41, 5.74) is 0.843. The second-order valence-corrected chi connectivity index (χ2v) is 10.7. The van der Waals surface area contributed by atoms with E-state index in [9.17, 15) is 9.59 Å². The van der Waals surface area contributed by atoms with Crippen LogP contribution in [-0.2, 0) is 23.7 Å². The molecule has 1 aliphatic heterocycles. The standard InChI is InChI=1S/C30H39NO8/c1-2-37-30-21(9-11-35-13-14-36-12-10-32)23(24-18-38-26-6-4-3-5-22(26)28(24)33)17-27(39-30)29(34)31-25-16-19-7-8-20(25)15-19/h3-6,17-21,23,25,30,32H,2,7-16H2,1H3,(H,31,34)/t19?,20?,21-,23-,25?,30+/m1/s1. The highest BCUT2D eigenvalue weighted by Crippen LogP contribution is 2.45. The minimum Gasteiger partial charge on any atom is -0.464 e. The molecule has 5 rings (SSSR count). The number of benzene rings is 1. The van der Waals surface area contributed by atoms with Gasteiger partial charge in [-0.25, -0.2) is 0 Å². The van der Waals surface area contributed by atoms with Crippen LogP contribution in [0, 0.1) is 17.8 Å². The van der Waals surface area contributed by atoms with Crippen LogP contribution >= 0.6 is 0 Å². The Balaban J connectivity index is 1.40. The van der Waals surface area contributed by atoms with Crippen molar-refractivity contribution in [1.82, 2.24) is 5.32 Å². The molecule has 1 amide bonds. The van der Waals surface area contributed by atoms with E-state index in [1.54, 1.807) is 18.2 Å². The number of allylic oxidation sites excluding steroid dienone is 1. The summed E-state index contributed by atoms with van der Waals surface area (Å²) < 4.78 is 29.1. The number of carbonyl (C=O) groups excluding carboxylic acids is 1. The number of amides is 1. The molecule has 2 N–H and O–H groups in total. The molecule has 1 aromatic carbocycles. The van der Waals surface area contributed by atoms with Gasteiger partial charge in [0, 0.05) is 36.7 Å². The number of nitrogens with one attached hydrogen (secondary N) is 1. The maximum atomic E-state index is 13.6. The Labute approximate surface area is 228 Å². The van der Waals surface area contributed by atoms with Gasteiger partial charge in [0.05, 0.1) is 38.1 Å². The van der Waals surface area contributed by atoms with Crippen molar-refractivity contribution in [3.63, 3.8) is 0 Å². The molecule has 3 unspecified atom stereocenters. The van der Waals surface area contributed by atoms with E-state index >= 15 is 0 Å². The van der Waals surface area contributed by atoms with Crippen LogP contribution in [0.2, 0.25) is 0 Å². The zero-order valence-corrected chi connectivity index (χ0v) is 22.5. The van der Waals surface area contributed by atoms with Crippen LogP contribution in [0.1, 0.15) is 50.5 Å². The average molecular weight is 542 g/mol. The third-order valence-electron chi connectivity index (χ3n) is 8.26. The molecule has 2 saturated carbocycles. The molecule has 39 heavy (non-hydrogen) atoms. The summed E-state index contributed by atoms with van der Waals surface area (Å²) in [6, 6.07) is 7.31. The quantitative estimate of drug-likeness (QED) is 0.370. The van der Waals surface area contributed by atoms with Gasteiger partial charge in [-0.15, -0.1) is 0 Å². The van der Waals surface area contributed by atoms with Crippen LogP contribution in [0.3, 0.4) is 0 Å². The lowest BCUT2D eigenvalue weighted by atomic mass is 9.81. The lowest BCUT2D eigenvalue weighted by Gasteiger charge is -2.37. The van der Waals surface area contributed by atoms with Crippen molar-refractivity contribution in [2.45, 2.75) is 57.3 Å². The Morgan fingerprint density at radius 1 is 1.10 bits per heavy atom. The zero-order chi connectivity index (χ0) is 27.2. The van der Waals surface area contributed by atoms with Gasteiger partial charge in [0.1, 0.15) is 5.58 Å². The molecule has 2 bridgehead atoms. The number of hydrogen-bond donors (Lipinski definition) is 2. The Hall–Kier alpha value is -2.72. The highest BCUT2D eigenvalue weighted by Gasteiger charge is 2.43. The molecule has 2 heterocycles. The van der Waals surface area contributed by atoms with Crippen molar-refractivity contribution in [1.29, 1.82) is 0 Å². The SMILES string of the molecule is CCO[C@H]1OC(C(=O)NC2CC3CCC2C3)=C[C@@H](c2coc3ccccc3c2=O)[C@H]1CCOCCOCCO. The summed E-state index contributed by atoms with van der Waals surface area (Å²) in [5.74, 6) is 0.399. The third kappa shape index (κ3) is 6.38. The van der Waals surface area contributed by atoms with E-state index < -0.39 is 12.2 Å². The Morgan fingerprint density at radius 2 is 1.92 bits per heavy atom. The van der Waals surface area contributed by atoms with E-state index in [4.69, 9.17) is 28.5 Å². The summed E-state index contributed by atoms with van der Waals surface area (Å²) >= 11 is 0. The Morgan fingerprint density at radius 3 is 2.67 bits per heavy atom. The average Bonchev–Trinajstić information content (AvgIpc) is 3.57. The van der Waals surface area contributed by atoms with Gasteiger partial charge in [-0.05, 0) is 62.7 Å². The topological polar surface area (TPSA) is 116 Å². The molecule has 1 aromatic heterocycles. The van der Waals surface area contributed by atoms with Gasteiger partial charge in [0.2, 0.25) is 6.29 Å². The molecule has 0 spiro atoms. The summed E-state index contributed by atoms with van der Waals surface area (Å²) in [6.45, 7) is 3.64. The van der Waals surface area contributed by atoms with E-state index in [1.807, 2.05) is 19.1 Å². The highest BCUT2D eigenvalue weighted by atomic mass is 16.7. The van der Waals surface area contributed by atoms with Gasteiger partial charge in [0.25, 0.3) is 5.91 Å². The lowest BCUT2D eigenvalue weighted by Crippen LogP contribution is -2.44. The van der Waals surface area contributed by atoms with Crippen molar-refractivity contribution in [2.24, 2.45) is 17.8 Å². The van der Waals surface area contributed by atoms with Gasteiger partial charge in [0.15, 0.2) is 11.2 Å². The molecule has 6 atom stereocenters. The summed E-state index contributed by atoms with van der Waals surface area (Å²) in [4.78, 5) is 27.0. The van der Waals surface area contributed by atoms with Crippen molar-refractivity contribution in [3.8, 4) is 0 Å². The molecule has 212 valence electrons. The van der Waals surface area contributed by atoms with Crippen molar-refractivity contribution >= 4 is 16.9 Å². The fourth-order valence-corrected chi connectivity index (χ4v) is 6.38. The monoisotopic (exact) mass is 541 g/mol. The van der Waals surface area contributed by atoms with Crippen LogP contribution in [0.4, 0.5) is 0 Å². The first-order chi connectivity index (χ1) is 19.1. The van der Waals surface area contributed by atoms with Gasteiger partial charge >= 0.3 is 0 Å². The fraction of sp³-hybridized carbons (Fsp3) is 0.600. The minimum atomic E-state index is -0.731. The van der Waals surface area contributed by atoms with E-state index in [2.05, 4.69) is 5.32 Å². The molecule has 9 heteroatoms. The first-order valence-corrected chi connectivity index (χ1v) is 14.2. The minimum absolute atomic E-state index is 0.0320. The molecule has 9 nitrogen and oxygen atoms in total. The van der Waals surface area contributed by atoms with E-state index in [-0.39, 0.29) is 42.3 Å². The first-order valence-electron chi connectivity index (χ1n) is 14.2. The normalized spacial score (nSPS) is 27.9. The molecule has 2 aliphatic carbocycles. The number of carbonyl (C=O) groups is 1. The van der Waals surface area contributed by atoms with E-state index in [0.29, 0.717) is 61.2 Å². The molecular formula is C30H39NO8. The number of rotatable bonds is 13. The maximum Gasteiger partial charge on any atom is 0.286 e. The highest BCUT2D eigenvalue weighted by molar-refractivity contribution is 5.92. The van der Waals surface area contributed by atoms with E-state index in [0.717, 1.165) is 12.8 Å². The van der Waals surface area contributed by atoms with Crippen molar-refractivity contribution < 1.29 is 33.3 Å². The predicted octanol–water partition coefficient (Wildman–Crippen LogP) is 3.49. The molecule has 2 aromatic rings. The maximum absolute atomic E-state index is 13.6. The van der Waals surface area contributed by atoms with Crippen LogP contribution < -0.4 is 10.7 Å². The molecule has 3 aliphatic rings. The Bertz CT molecular complexity index is 1210. The number of para-hydroxylation sites is 1. The lowest BCUT2D eigenvalue weighted by molar-refractivity contribution is -0.168. The number of ether oxygens (including phenoxy) is 4. The van der Waals surface area contributed by atoms with Crippen LogP contribution in [0.5, 0.6) is 0 Å². The molecule has 0 saturated heterocycles. The molecule has 0 radical (unpaired) electrons. The smallest absolute Gasteiger partial charge is 0.286 e. The Kier molecular flexibility index (Phi) is 9.34. The number of hydrogen-bond acceptors (Lipinski definition) is 8. The number of aliphatic hydroxyl groups is 1. The van der Waals surface area contributed by atoms with Crippen LogP contribution in [0.15, 0.2) is 51.6 Å².